The number of anilines is 1. The molecule has 0 aliphatic carbocycles. The van der Waals surface area contributed by atoms with E-state index in [4.69, 9.17) is 31.0 Å². The number of aliphatic carboxylic acids is 1. The van der Waals surface area contributed by atoms with Crippen LogP contribution < -0.4 is 37.3 Å². The first-order chi connectivity index (χ1) is 26.1. The van der Waals surface area contributed by atoms with E-state index < -0.39 is 63.7 Å². The number of hydrogen-bond acceptors (Lipinski definition) is 11. The molecule has 295 valence electrons. The van der Waals surface area contributed by atoms with Crippen molar-refractivity contribution in [2.24, 2.45) is 0 Å². The average Bonchev–Trinajstić information content (AvgIpc) is 3.22. The van der Waals surface area contributed by atoms with Gasteiger partial charge in [-0.1, -0.05) is 48.5 Å². The van der Waals surface area contributed by atoms with Gasteiger partial charge in [-0.3, -0.25) is 19.7 Å². The first kappa shape index (κ1) is 46.5. The molecule has 17 heteroatoms. The van der Waals surface area contributed by atoms with Gasteiger partial charge in [-0.2, -0.15) is 0 Å². The van der Waals surface area contributed by atoms with Gasteiger partial charge in [-0.15, -0.1) is 0 Å². The van der Waals surface area contributed by atoms with Crippen molar-refractivity contribution < 1.29 is 64.4 Å². The van der Waals surface area contributed by atoms with Gasteiger partial charge in [0.25, 0.3) is 11.8 Å². The number of unbranched alkanes of at least 4 members (excludes halogenated alkanes) is 1. The third kappa shape index (κ3) is 14.5. The van der Waals surface area contributed by atoms with Crippen LogP contribution in [-0.2, 0) is 34.4 Å². The Morgan fingerprint density at radius 1 is 0.818 bits per heavy atom. The SMILES string of the molecule is COC(=O)C(CCCCNC(=O)c1ccccc1[PH+](c1ccccc1)c1ccccc1)NC(=O)c1ccc(N[NH-])nc1.O=C(O)CNC(CO)(CO)CO.[Tc]. The van der Waals surface area contributed by atoms with Crippen LogP contribution in [0.25, 0.3) is 5.84 Å². The molecular weight excluding hydrogens is 813 g/mol. The van der Waals surface area contributed by atoms with Crippen LogP contribution in [0.15, 0.2) is 103 Å². The summed E-state index contributed by atoms with van der Waals surface area (Å²) in [5, 5.41) is 45.9. The Balaban J connectivity index is 0.000000694. The van der Waals surface area contributed by atoms with E-state index in [0.717, 1.165) is 5.30 Å². The minimum absolute atomic E-state index is 0. The molecule has 55 heavy (non-hydrogen) atoms. The Morgan fingerprint density at radius 3 is 1.91 bits per heavy atom. The summed E-state index contributed by atoms with van der Waals surface area (Å²) >= 11 is 0. The molecule has 4 rings (SSSR count). The van der Waals surface area contributed by atoms with E-state index >= 15 is 0 Å². The Morgan fingerprint density at radius 2 is 1.40 bits per heavy atom. The number of rotatable bonds is 19. The van der Waals surface area contributed by atoms with Crippen molar-refractivity contribution in [3.8, 4) is 0 Å². The number of nitrogens with one attached hydrogen (secondary N) is 5. The number of aromatic nitrogens is 1. The van der Waals surface area contributed by atoms with Crippen LogP contribution >= 0.6 is 7.92 Å². The number of benzene rings is 3. The van der Waals surface area contributed by atoms with Crippen LogP contribution in [0.5, 0.6) is 0 Å². The Bertz CT molecular complexity index is 1720. The molecule has 2 amide bonds. The minimum Gasteiger partial charge on any atom is -0.585 e. The molecule has 0 fully saturated rings. The zero-order valence-electron chi connectivity index (χ0n) is 30.2. The molecule has 0 saturated carbocycles. The number of aliphatic hydroxyl groups is 3. The molecule has 0 spiro atoms. The zero-order chi connectivity index (χ0) is 39.3. The normalized spacial score (nSPS) is 11.2. The molecule has 1 atom stereocenters. The number of aliphatic hydroxyl groups excluding tert-OH is 3. The number of pyridine rings is 1. The smallest absolute Gasteiger partial charge is 0.328 e. The Labute approximate surface area is 334 Å². The van der Waals surface area contributed by atoms with Crippen molar-refractivity contribution in [3.05, 3.63) is 120 Å². The molecule has 0 bridgehead atoms. The summed E-state index contributed by atoms with van der Waals surface area (Å²) in [6.07, 6.45) is 2.86. The fourth-order valence-corrected chi connectivity index (χ4v) is 7.91. The van der Waals surface area contributed by atoms with Crippen LogP contribution in [0.2, 0.25) is 0 Å². The molecule has 0 aliphatic rings. The third-order valence-electron chi connectivity index (χ3n) is 8.24. The largest absolute Gasteiger partial charge is 0.585 e. The summed E-state index contributed by atoms with van der Waals surface area (Å²) in [6, 6.07) is 30.5. The quantitative estimate of drug-likeness (QED) is 0.0287. The molecule has 0 aliphatic heterocycles. The van der Waals surface area contributed by atoms with E-state index in [1.807, 2.05) is 60.7 Å². The summed E-state index contributed by atoms with van der Waals surface area (Å²) in [5.74, 6) is 5.14. The van der Waals surface area contributed by atoms with Crippen LogP contribution in [-0.4, -0.2) is 101 Å². The van der Waals surface area contributed by atoms with E-state index in [2.05, 4.69) is 50.6 Å². The van der Waals surface area contributed by atoms with Crippen LogP contribution in [0.3, 0.4) is 0 Å². The second-order valence-corrected chi connectivity index (χ2v) is 14.5. The molecular formula is C38H47N6O9PTc. The topological polar surface area (TPSA) is 243 Å². The zero-order valence-corrected chi connectivity index (χ0v) is 33.1. The number of carboxylic acids is 1. The van der Waals surface area contributed by atoms with Crippen molar-refractivity contribution in [1.29, 1.82) is 0 Å². The van der Waals surface area contributed by atoms with Gasteiger partial charge in [-0.25, -0.2) is 9.78 Å². The first-order valence-corrected chi connectivity index (χ1v) is 18.5. The Kier molecular flexibility index (Phi) is 20.9. The molecule has 1 aromatic heterocycles. The third-order valence-corrected chi connectivity index (χ3v) is 11.0. The number of esters is 1. The number of nitrogens with zero attached hydrogens (tertiary/aromatic N) is 1. The maximum atomic E-state index is 13.4. The molecule has 1 heterocycles. The minimum atomic E-state index is -1.42. The molecule has 15 nitrogen and oxygen atoms in total. The van der Waals surface area contributed by atoms with Gasteiger partial charge in [0.05, 0.1) is 58.1 Å². The van der Waals surface area contributed by atoms with E-state index in [0.29, 0.717) is 37.2 Å². The summed E-state index contributed by atoms with van der Waals surface area (Å²) in [6.45, 7) is -1.56. The number of amides is 2. The second kappa shape index (κ2) is 24.7. The number of carboxylic acid groups (broad SMARTS) is 1. The van der Waals surface area contributed by atoms with Gasteiger partial charge in [0.15, 0.2) is 0 Å². The summed E-state index contributed by atoms with van der Waals surface area (Å²) in [4.78, 5) is 52.4. The fourth-order valence-electron chi connectivity index (χ4n) is 5.17. The maximum absolute atomic E-state index is 13.4. The molecule has 1 unspecified atom stereocenters. The van der Waals surface area contributed by atoms with Crippen molar-refractivity contribution >= 4 is 53.4 Å². The molecule has 0 saturated heterocycles. The molecule has 9 N–H and O–H groups in total. The van der Waals surface area contributed by atoms with E-state index in [1.165, 1.54) is 36.0 Å². The second-order valence-electron chi connectivity index (χ2n) is 12.0. The number of methoxy groups -OCH3 is 1. The van der Waals surface area contributed by atoms with Gasteiger partial charge in [0.1, 0.15) is 27.8 Å². The number of carbonyl (C=O) groups excluding carboxylic acids is 3. The van der Waals surface area contributed by atoms with Crippen molar-refractivity contribution in [3.63, 3.8) is 0 Å². The predicted octanol–water partition coefficient (Wildman–Crippen LogP) is 1.20. The van der Waals surface area contributed by atoms with Gasteiger partial charge >= 0.3 is 11.9 Å². The maximum Gasteiger partial charge on any atom is 0.328 e. The Hall–Kier alpha value is -4.63. The number of hydrogen-bond donors (Lipinski definition) is 8. The van der Waals surface area contributed by atoms with Crippen LogP contribution in [0.4, 0.5) is 5.82 Å². The fraction of sp³-hybridized carbons (Fsp3) is 0.289. The van der Waals surface area contributed by atoms with Crippen LogP contribution in [0, 0.1) is 0 Å². The van der Waals surface area contributed by atoms with Crippen LogP contribution in [0.1, 0.15) is 40.0 Å². The molecule has 4 aromatic rings. The molecule has 1 radical (unpaired) electrons. The van der Waals surface area contributed by atoms with E-state index in [9.17, 15) is 19.2 Å². The first-order valence-electron chi connectivity index (χ1n) is 17.0. The van der Waals surface area contributed by atoms with E-state index in [1.54, 1.807) is 0 Å². The standard InChI is InChI=1S/C32H33N5O4P.C6H13NO5.Tc/c1-41-32(40)27(36-30(38)23-19-20-29(37-33)35-22-23)17-10-11-21-34-31(39)26-16-8-9-18-28(26)42(24-12-4-2-5-13-24)25-14-6-3-7-15-25;8-2-6(3-9,4-10)7-1-5(11)12;/h2-9,12-16,18-20,22,27,33H,10-11,17,21H2,1H3,(H,34,39)(H2,35,36,37,38);7-10H,1-4H2,(H,11,12);/q-1;;/p+1. The monoisotopic (exact) mass is 859 g/mol. The number of ether oxygens (including phenoxy) is 1. The average molecular weight is 861 g/mol. The van der Waals surface area contributed by atoms with Gasteiger partial charge in [-0.05, 0) is 67.8 Å². The van der Waals surface area contributed by atoms with Gasteiger partial charge in [0.2, 0.25) is 0 Å². The van der Waals surface area contributed by atoms with Crippen molar-refractivity contribution in [2.75, 3.05) is 45.4 Å². The predicted molar refractivity (Wildman–Crippen MR) is 208 cm³/mol. The summed E-state index contributed by atoms with van der Waals surface area (Å²) < 4.78 is 4.88. The summed E-state index contributed by atoms with van der Waals surface area (Å²) in [5.41, 5.74) is 1.76. The van der Waals surface area contributed by atoms with E-state index in [-0.39, 0.29) is 31.6 Å². The summed E-state index contributed by atoms with van der Waals surface area (Å²) in [7, 11) is -0.143. The van der Waals surface area contributed by atoms with Crippen molar-refractivity contribution in [1.82, 2.24) is 20.9 Å². The number of carbonyl (C=O) groups is 4. The van der Waals surface area contributed by atoms with Crippen molar-refractivity contribution in [2.45, 2.75) is 30.8 Å². The van der Waals surface area contributed by atoms with Gasteiger partial charge < -0.3 is 47.1 Å². The molecule has 3 aromatic carbocycles. The van der Waals surface area contributed by atoms with Gasteiger partial charge in [0, 0.05) is 32.8 Å².